The molecular weight excluding hydrogens is 512 g/mol. The fourth-order valence-corrected chi connectivity index (χ4v) is 6.01. The first-order chi connectivity index (χ1) is 18.6. The molecule has 2 amide bonds. The Morgan fingerprint density at radius 3 is 2.15 bits per heavy atom. The number of thioether (sulfide) groups is 1. The molecule has 210 valence electrons. The van der Waals surface area contributed by atoms with Crippen LogP contribution in [0.5, 0.6) is 5.75 Å². The molecule has 2 aliphatic heterocycles. The SMILES string of the molecule is CCOC(=O)C(C)(C)Oc1c(C)cc([C@H]2CN(C(=O)N3CCCC3)CC2C(=O)c2ccc(SC)cc2)cc1C. The highest BCUT2D eigenvalue weighted by molar-refractivity contribution is 7.98. The summed E-state index contributed by atoms with van der Waals surface area (Å²) in [7, 11) is 0. The lowest BCUT2D eigenvalue weighted by atomic mass is 9.82. The number of hydrogen-bond donors (Lipinski definition) is 0. The Balaban J connectivity index is 1.65. The van der Waals surface area contributed by atoms with E-state index in [1.165, 1.54) is 0 Å². The van der Waals surface area contributed by atoms with Crippen molar-refractivity contribution in [2.24, 2.45) is 5.92 Å². The van der Waals surface area contributed by atoms with E-state index in [1.54, 1.807) is 32.5 Å². The maximum Gasteiger partial charge on any atom is 0.349 e. The average Bonchev–Trinajstić information content (AvgIpc) is 3.61. The lowest BCUT2D eigenvalue weighted by Crippen LogP contribution is -2.40. The molecular formula is C31H40N2O5S. The third-order valence-electron chi connectivity index (χ3n) is 7.71. The molecule has 7 nitrogen and oxygen atoms in total. The van der Waals surface area contributed by atoms with Gasteiger partial charge in [0.25, 0.3) is 0 Å². The van der Waals surface area contributed by atoms with E-state index in [2.05, 4.69) is 0 Å². The number of ether oxygens (including phenoxy) is 2. The molecule has 2 aromatic rings. The van der Waals surface area contributed by atoms with E-state index in [4.69, 9.17) is 9.47 Å². The standard InChI is InChI=1S/C31H40N2O5S/c1-7-37-29(35)31(4,5)38-28-20(2)16-23(17-21(28)3)25-18-33(30(36)32-14-8-9-15-32)19-26(25)27(34)22-10-12-24(39-6)13-11-22/h10-13,16-17,25-26H,7-9,14-15,18-19H2,1-6H3/t25-,26?/m1/s1. The van der Waals surface area contributed by atoms with E-state index < -0.39 is 11.6 Å². The Labute approximate surface area is 236 Å². The van der Waals surface area contributed by atoms with Gasteiger partial charge in [-0.05, 0) is 82.5 Å². The summed E-state index contributed by atoms with van der Waals surface area (Å²) in [6, 6.07) is 11.8. The van der Waals surface area contributed by atoms with E-state index in [0.29, 0.717) is 24.4 Å². The number of nitrogens with zero attached hydrogens (tertiary/aromatic N) is 2. The van der Waals surface area contributed by atoms with Gasteiger partial charge in [-0.25, -0.2) is 9.59 Å². The predicted molar refractivity (Wildman–Crippen MR) is 154 cm³/mol. The lowest BCUT2D eigenvalue weighted by Gasteiger charge is -2.27. The van der Waals surface area contributed by atoms with Crippen molar-refractivity contribution < 1.29 is 23.9 Å². The number of amides is 2. The fourth-order valence-electron chi connectivity index (χ4n) is 5.60. The van der Waals surface area contributed by atoms with Crippen LogP contribution in [0.15, 0.2) is 41.3 Å². The molecule has 2 fully saturated rings. The number of esters is 1. The zero-order valence-electron chi connectivity index (χ0n) is 23.9. The summed E-state index contributed by atoms with van der Waals surface area (Å²) in [5.74, 6) is -0.219. The Hall–Kier alpha value is -3.00. The zero-order valence-corrected chi connectivity index (χ0v) is 24.7. The van der Waals surface area contributed by atoms with Crippen LogP contribution in [-0.4, -0.2) is 72.2 Å². The molecule has 1 unspecified atom stereocenters. The molecule has 2 aliphatic rings. The number of carbonyl (C=O) groups is 3. The molecule has 0 saturated carbocycles. The minimum Gasteiger partial charge on any atom is -0.476 e. The summed E-state index contributed by atoms with van der Waals surface area (Å²) in [6.07, 6.45) is 4.06. The quantitative estimate of drug-likeness (QED) is 0.232. The number of aryl methyl sites for hydroxylation is 2. The molecule has 4 rings (SSSR count). The Kier molecular flexibility index (Phi) is 8.94. The smallest absolute Gasteiger partial charge is 0.349 e. The van der Waals surface area contributed by atoms with Gasteiger partial charge in [0.15, 0.2) is 11.4 Å². The van der Waals surface area contributed by atoms with Crippen molar-refractivity contribution in [3.63, 3.8) is 0 Å². The molecule has 0 spiro atoms. The summed E-state index contributed by atoms with van der Waals surface area (Å²) in [5.41, 5.74) is 2.29. The summed E-state index contributed by atoms with van der Waals surface area (Å²) >= 11 is 1.64. The Morgan fingerprint density at radius 2 is 1.59 bits per heavy atom. The summed E-state index contributed by atoms with van der Waals surface area (Å²) in [5, 5.41) is 0. The van der Waals surface area contributed by atoms with Crippen LogP contribution in [0, 0.1) is 19.8 Å². The van der Waals surface area contributed by atoms with Gasteiger partial charge in [0.2, 0.25) is 0 Å². The lowest BCUT2D eigenvalue weighted by molar-refractivity contribution is -0.158. The number of benzene rings is 2. The van der Waals surface area contributed by atoms with Crippen LogP contribution < -0.4 is 4.74 Å². The number of likely N-dealkylation sites (tertiary alicyclic amines) is 2. The van der Waals surface area contributed by atoms with E-state index >= 15 is 0 Å². The van der Waals surface area contributed by atoms with E-state index in [0.717, 1.165) is 47.5 Å². The minimum atomic E-state index is -1.14. The van der Waals surface area contributed by atoms with Crippen LogP contribution in [0.25, 0.3) is 0 Å². The molecule has 8 heteroatoms. The predicted octanol–water partition coefficient (Wildman–Crippen LogP) is 5.86. The second kappa shape index (κ2) is 12.0. The molecule has 0 bridgehead atoms. The van der Waals surface area contributed by atoms with Crippen LogP contribution in [0.3, 0.4) is 0 Å². The molecule has 0 aliphatic carbocycles. The molecule has 2 saturated heterocycles. The highest BCUT2D eigenvalue weighted by Crippen LogP contribution is 2.39. The molecule has 0 aromatic heterocycles. The second-order valence-electron chi connectivity index (χ2n) is 11.0. The summed E-state index contributed by atoms with van der Waals surface area (Å²) in [6.45, 7) is 11.8. The number of urea groups is 1. The zero-order chi connectivity index (χ0) is 28.3. The van der Waals surface area contributed by atoms with Gasteiger partial charge < -0.3 is 19.3 Å². The van der Waals surface area contributed by atoms with Gasteiger partial charge in [0.05, 0.1) is 6.61 Å². The second-order valence-corrected chi connectivity index (χ2v) is 11.9. The first kappa shape index (κ1) is 29.0. The van der Waals surface area contributed by atoms with Crippen LogP contribution in [0.2, 0.25) is 0 Å². The van der Waals surface area contributed by atoms with Crippen LogP contribution in [-0.2, 0) is 9.53 Å². The number of carbonyl (C=O) groups excluding carboxylic acids is 3. The van der Waals surface area contributed by atoms with Crippen LogP contribution >= 0.6 is 11.8 Å². The average molecular weight is 553 g/mol. The normalized spacial score (nSPS) is 19.3. The van der Waals surface area contributed by atoms with E-state index in [9.17, 15) is 14.4 Å². The maximum absolute atomic E-state index is 13.8. The van der Waals surface area contributed by atoms with Crippen LogP contribution in [0.1, 0.15) is 66.6 Å². The summed E-state index contributed by atoms with van der Waals surface area (Å²) < 4.78 is 11.4. The first-order valence-corrected chi connectivity index (χ1v) is 15.0. The highest BCUT2D eigenvalue weighted by Gasteiger charge is 2.42. The molecule has 0 radical (unpaired) electrons. The Morgan fingerprint density at radius 1 is 0.974 bits per heavy atom. The van der Waals surface area contributed by atoms with Gasteiger partial charge in [-0.3, -0.25) is 4.79 Å². The van der Waals surface area contributed by atoms with Crippen molar-refractivity contribution >= 4 is 29.5 Å². The molecule has 2 heterocycles. The van der Waals surface area contributed by atoms with E-state index in [1.807, 2.05) is 66.3 Å². The number of ketones is 1. The topological polar surface area (TPSA) is 76.2 Å². The van der Waals surface area contributed by atoms with Crippen molar-refractivity contribution in [2.75, 3.05) is 39.0 Å². The van der Waals surface area contributed by atoms with Crippen molar-refractivity contribution in [3.8, 4) is 5.75 Å². The molecule has 2 aromatic carbocycles. The number of Topliss-reactive ketones (excluding diaryl/α,β-unsaturated/α-hetero) is 1. The third kappa shape index (κ3) is 6.26. The monoisotopic (exact) mass is 552 g/mol. The number of hydrogen-bond acceptors (Lipinski definition) is 6. The fraction of sp³-hybridized carbons (Fsp3) is 0.516. The van der Waals surface area contributed by atoms with Crippen molar-refractivity contribution in [3.05, 3.63) is 58.7 Å². The summed E-state index contributed by atoms with van der Waals surface area (Å²) in [4.78, 5) is 44.5. The van der Waals surface area contributed by atoms with Crippen molar-refractivity contribution in [2.45, 2.75) is 63.9 Å². The maximum atomic E-state index is 13.8. The Bertz CT molecular complexity index is 1200. The minimum absolute atomic E-state index is 0.0233. The van der Waals surface area contributed by atoms with Gasteiger partial charge >= 0.3 is 12.0 Å². The highest BCUT2D eigenvalue weighted by atomic mass is 32.2. The molecule has 2 atom stereocenters. The number of rotatable bonds is 8. The van der Waals surface area contributed by atoms with Gasteiger partial charge in [-0.1, -0.05) is 24.3 Å². The van der Waals surface area contributed by atoms with Gasteiger partial charge in [-0.15, -0.1) is 11.8 Å². The third-order valence-corrected chi connectivity index (χ3v) is 8.46. The molecule has 39 heavy (non-hydrogen) atoms. The molecule has 0 N–H and O–H groups in total. The van der Waals surface area contributed by atoms with Crippen molar-refractivity contribution in [1.82, 2.24) is 9.80 Å². The van der Waals surface area contributed by atoms with Gasteiger partial charge in [-0.2, -0.15) is 0 Å². The van der Waals surface area contributed by atoms with Crippen LogP contribution in [0.4, 0.5) is 4.79 Å². The van der Waals surface area contributed by atoms with Crippen molar-refractivity contribution in [1.29, 1.82) is 0 Å². The van der Waals surface area contributed by atoms with Gasteiger partial charge in [0.1, 0.15) is 5.75 Å². The van der Waals surface area contributed by atoms with E-state index in [-0.39, 0.29) is 30.3 Å². The van der Waals surface area contributed by atoms with Gasteiger partial charge in [0, 0.05) is 48.5 Å². The largest absolute Gasteiger partial charge is 0.476 e. The first-order valence-electron chi connectivity index (χ1n) is 13.7.